The molecule has 150 valence electrons. The summed E-state index contributed by atoms with van der Waals surface area (Å²) in [5.74, 6) is 0.823. The van der Waals surface area contributed by atoms with Crippen LogP contribution in [0.5, 0.6) is 11.5 Å². The molecule has 0 atom stereocenters. The van der Waals surface area contributed by atoms with Crippen molar-refractivity contribution in [3.05, 3.63) is 89.6 Å². The number of anilines is 1. The van der Waals surface area contributed by atoms with E-state index >= 15 is 0 Å². The van der Waals surface area contributed by atoms with Gasteiger partial charge < -0.3 is 15.6 Å². The predicted octanol–water partition coefficient (Wildman–Crippen LogP) is 5.29. The van der Waals surface area contributed by atoms with Gasteiger partial charge in [0.1, 0.15) is 18.1 Å². The summed E-state index contributed by atoms with van der Waals surface area (Å²) in [4.78, 5) is 8.75. The molecule has 0 saturated carbocycles. The van der Waals surface area contributed by atoms with Gasteiger partial charge in [-0.05, 0) is 37.1 Å². The molecule has 0 aliphatic rings. The fraction of sp³-hybridized carbons (Fsp3) is 0.120. The summed E-state index contributed by atoms with van der Waals surface area (Å²) in [6.45, 7) is 4.36. The Morgan fingerprint density at radius 2 is 1.63 bits per heavy atom. The van der Waals surface area contributed by atoms with Crippen molar-refractivity contribution in [2.24, 2.45) is 0 Å². The zero-order valence-electron chi connectivity index (χ0n) is 17.0. The molecule has 3 N–H and O–H groups in total. The molecular formula is C25H23N3O2. The van der Waals surface area contributed by atoms with E-state index in [0.29, 0.717) is 23.6 Å². The maximum atomic E-state index is 10.8. The monoisotopic (exact) mass is 397 g/mol. The molecule has 30 heavy (non-hydrogen) atoms. The summed E-state index contributed by atoms with van der Waals surface area (Å²) >= 11 is 0. The lowest BCUT2D eigenvalue weighted by atomic mass is 9.97. The highest BCUT2D eigenvalue weighted by molar-refractivity contribution is 5.85. The van der Waals surface area contributed by atoms with Gasteiger partial charge in [0.05, 0.1) is 11.4 Å². The van der Waals surface area contributed by atoms with E-state index in [0.717, 1.165) is 22.4 Å². The van der Waals surface area contributed by atoms with Gasteiger partial charge in [-0.3, -0.25) is 0 Å². The smallest absolute Gasteiger partial charge is 0.220 e. The van der Waals surface area contributed by atoms with Crippen LogP contribution in [-0.4, -0.2) is 15.1 Å². The van der Waals surface area contributed by atoms with E-state index in [-0.39, 0.29) is 11.7 Å². The van der Waals surface area contributed by atoms with Gasteiger partial charge >= 0.3 is 0 Å². The lowest BCUT2D eigenvalue weighted by Crippen LogP contribution is -2.02. The van der Waals surface area contributed by atoms with Crippen LogP contribution in [0.1, 0.15) is 16.8 Å². The zero-order chi connectivity index (χ0) is 21.1. The Morgan fingerprint density at radius 3 is 2.33 bits per heavy atom. The minimum atomic E-state index is 0.0751. The summed E-state index contributed by atoms with van der Waals surface area (Å²) < 4.78 is 5.85. The van der Waals surface area contributed by atoms with Crippen LogP contribution in [0.15, 0.2) is 72.8 Å². The molecular weight excluding hydrogens is 374 g/mol. The number of nitrogens with zero attached hydrogens (tertiary/aromatic N) is 2. The molecule has 0 aliphatic heterocycles. The Labute approximate surface area is 175 Å². The summed E-state index contributed by atoms with van der Waals surface area (Å²) in [6, 6.07) is 23.2. The van der Waals surface area contributed by atoms with Crippen molar-refractivity contribution >= 4 is 5.95 Å². The molecule has 4 rings (SSSR count). The Balaban J connectivity index is 1.67. The summed E-state index contributed by atoms with van der Waals surface area (Å²) in [5, 5.41) is 10.8. The molecule has 0 amide bonds. The topological polar surface area (TPSA) is 81.3 Å². The average Bonchev–Trinajstić information content (AvgIpc) is 2.73. The summed E-state index contributed by atoms with van der Waals surface area (Å²) in [5.41, 5.74) is 11.9. The molecule has 5 heteroatoms. The first-order valence-electron chi connectivity index (χ1n) is 9.72. The fourth-order valence-electron chi connectivity index (χ4n) is 3.39. The summed E-state index contributed by atoms with van der Waals surface area (Å²) in [7, 11) is 0. The van der Waals surface area contributed by atoms with Gasteiger partial charge in [-0.2, -0.15) is 0 Å². The van der Waals surface area contributed by atoms with Gasteiger partial charge in [0.25, 0.3) is 0 Å². The van der Waals surface area contributed by atoms with Crippen LogP contribution in [0.4, 0.5) is 5.95 Å². The highest BCUT2D eigenvalue weighted by Crippen LogP contribution is 2.38. The highest BCUT2D eigenvalue weighted by atomic mass is 16.5. The Hall–Kier alpha value is -3.86. The molecule has 4 aromatic rings. The Kier molecular flexibility index (Phi) is 5.35. The largest absolute Gasteiger partial charge is 0.507 e. The predicted molar refractivity (Wildman–Crippen MR) is 119 cm³/mol. The van der Waals surface area contributed by atoms with Crippen molar-refractivity contribution in [3.8, 4) is 33.9 Å². The van der Waals surface area contributed by atoms with Crippen LogP contribution in [-0.2, 0) is 6.61 Å². The van der Waals surface area contributed by atoms with E-state index in [2.05, 4.69) is 9.97 Å². The van der Waals surface area contributed by atoms with Crippen LogP contribution in [0.25, 0.3) is 22.4 Å². The molecule has 1 aromatic heterocycles. The van der Waals surface area contributed by atoms with Crippen molar-refractivity contribution in [1.29, 1.82) is 0 Å². The number of nitrogen functional groups attached to an aromatic ring is 1. The first-order valence-corrected chi connectivity index (χ1v) is 9.72. The van der Waals surface area contributed by atoms with Gasteiger partial charge in [0.2, 0.25) is 5.95 Å². The number of aryl methyl sites for hydroxylation is 2. The third-order valence-corrected chi connectivity index (χ3v) is 4.92. The number of aromatic hydroxyl groups is 1. The standard InChI is InChI=1S/C25H23N3O2/c1-16-8-10-18(11-9-16)15-30-20-12-13-21(22(29)14-20)24-23(17(2)27-25(26)28-24)19-6-4-3-5-7-19/h3-14,29H,15H2,1-2H3,(H2,26,27,28). The first kappa shape index (κ1) is 19.5. The van der Waals surface area contributed by atoms with Crippen LogP contribution in [0, 0.1) is 13.8 Å². The van der Waals surface area contributed by atoms with Crippen LogP contribution < -0.4 is 10.5 Å². The molecule has 0 aliphatic carbocycles. The number of phenolic OH excluding ortho intramolecular Hbond substituents is 1. The van der Waals surface area contributed by atoms with Crippen molar-refractivity contribution < 1.29 is 9.84 Å². The minimum absolute atomic E-state index is 0.0751. The lowest BCUT2D eigenvalue weighted by molar-refractivity contribution is 0.304. The Morgan fingerprint density at radius 1 is 0.900 bits per heavy atom. The summed E-state index contributed by atoms with van der Waals surface area (Å²) in [6.07, 6.45) is 0. The van der Waals surface area contributed by atoms with Gasteiger partial charge in [-0.15, -0.1) is 0 Å². The maximum Gasteiger partial charge on any atom is 0.220 e. The third kappa shape index (κ3) is 4.10. The number of rotatable bonds is 5. The van der Waals surface area contributed by atoms with E-state index in [4.69, 9.17) is 10.5 Å². The van der Waals surface area contributed by atoms with Crippen molar-refractivity contribution in [3.63, 3.8) is 0 Å². The molecule has 0 spiro atoms. The number of hydrogen-bond donors (Lipinski definition) is 2. The normalized spacial score (nSPS) is 10.7. The molecule has 5 nitrogen and oxygen atoms in total. The molecule has 3 aromatic carbocycles. The average molecular weight is 397 g/mol. The van der Waals surface area contributed by atoms with Crippen molar-refractivity contribution in [1.82, 2.24) is 9.97 Å². The van der Waals surface area contributed by atoms with E-state index in [9.17, 15) is 5.11 Å². The number of ether oxygens (including phenoxy) is 1. The zero-order valence-corrected chi connectivity index (χ0v) is 17.0. The van der Waals surface area contributed by atoms with Crippen LogP contribution in [0.2, 0.25) is 0 Å². The maximum absolute atomic E-state index is 10.8. The SMILES string of the molecule is Cc1ccc(COc2ccc(-c3nc(N)nc(C)c3-c3ccccc3)c(O)c2)cc1. The molecule has 0 radical (unpaired) electrons. The number of aromatic nitrogens is 2. The number of phenols is 1. The van der Waals surface area contributed by atoms with Crippen LogP contribution in [0.3, 0.4) is 0 Å². The molecule has 0 unspecified atom stereocenters. The second-order valence-corrected chi connectivity index (χ2v) is 7.21. The molecule has 0 saturated heterocycles. The number of nitrogens with two attached hydrogens (primary N) is 1. The van der Waals surface area contributed by atoms with Crippen molar-refractivity contribution in [2.75, 3.05) is 5.73 Å². The number of hydrogen-bond acceptors (Lipinski definition) is 5. The van der Waals surface area contributed by atoms with Crippen LogP contribution >= 0.6 is 0 Å². The highest BCUT2D eigenvalue weighted by Gasteiger charge is 2.17. The third-order valence-electron chi connectivity index (χ3n) is 4.92. The fourth-order valence-corrected chi connectivity index (χ4v) is 3.39. The quantitative estimate of drug-likeness (QED) is 0.478. The van der Waals surface area contributed by atoms with E-state index in [1.54, 1.807) is 12.1 Å². The minimum Gasteiger partial charge on any atom is -0.507 e. The molecule has 0 fully saturated rings. The molecule has 0 bridgehead atoms. The molecule has 1 heterocycles. The van der Waals surface area contributed by atoms with Gasteiger partial charge in [0.15, 0.2) is 0 Å². The van der Waals surface area contributed by atoms with E-state index in [1.165, 1.54) is 5.56 Å². The first-order chi connectivity index (χ1) is 14.5. The lowest BCUT2D eigenvalue weighted by Gasteiger charge is -2.15. The second kappa shape index (κ2) is 8.25. The van der Waals surface area contributed by atoms with E-state index < -0.39 is 0 Å². The second-order valence-electron chi connectivity index (χ2n) is 7.21. The van der Waals surface area contributed by atoms with Crippen molar-refractivity contribution in [2.45, 2.75) is 20.5 Å². The number of benzene rings is 3. The van der Waals surface area contributed by atoms with Gasteiger partial charge in [0, 0.05) is 17.2 Å². The Bertz CT molecular complexity index is 1170. The van der Waals surface area contributed by atoms with Gasteiger partial charge in [-0.25, -0.2) is 9.97 Å². The van der Waals surface area contributed by atoms with Gasteiger partial charge in [-0.1, -0.05) is 60.2 Å². The van der Waals surface area contributed by atoms with E-state index in [1.807, 2.05) is 74.5 Å².